The van der Waals surface area contributed by atoms with Crippen molar-refractivity contribution >= 4 is 38.3 Å². The van der Waals surface area contributed by atoms with E-state index in [1.807, 2.05) is 37.3 Å². The highest BCUT2D eigenvalue weighted by Crippen LogP contribution is 2.29. The molecule has 0 amide bonds. The maximum absolute atomic E-state index is 13.2. The van der Waals surface area contributed by atoms with E-state index in [2.05, 4.69) is 35.9 Å². The molecule has 0 radical (unpaired) electrons. The third kappa shape index (κ3) is 3.00. The van der Waals surface area contributed by atoms with E-state index in [9.17, 15) is 4.79 Å². The number of aryl methyl sites for hydroxylation is 1. The van der Waals surface area contributed by atoms with Gasteiger partial charge in [0.25, 0.3) is 5.56 Å². The van der Waals surface area contributed by atoms with Crippen LogP contribution in [-0.4, -0.2) is 27.6 Å². The third-order valence-electron chi connectivity index (χ3n) is 4.87. The van der Waals surface area contributed by atoms with Crippen LogP contribution in [0.15, 0.2) is 47.3 Å². The number of anilines is 1. The zero-order chi connectivity index (χ0) is 19.0. The summed E-state index contributed by atoms with van der Waals surface area (Å²) in [6.45, 7) is 8.71. The Kier molecular flexibility index (Phi) is 4.66. The molecule has 0 saturated carbocycles. The molecule has 0 aliphatic carbocycles. The Morgan fingerprint density at radius 2 is 1.78 bits per heavy atom. The minimum atomic E-state index is -0.0826. The largest absolute Gasteiger partial charge is 0.372 e. The van der Waals surface area contributed by atoms with Crippen LogP contribution in [0.1, 0.15) is 20.8 Å². The summed E-state index contributed by atoms with van der Waals surface area (Å²) in [4.78, 5) is 24.8. The number of hydrogen-bond donors (Lipinski definition) is 0. The molecule has 0 saturated heterocycles. The molecule has 0 bridgehead atoms. The quantitative estimate of drug-likeness (QED) is 0.512. The van der Waals surface area contributed by atoms with Crippen LogP contribution in [0.25, 0.3) is 32.0 Å². The molecule has 0 N–H and O–H groups in total. The molecule has 27 heavy (non-hydrogen) atoms. The van der Waals surface area contributed by atoms with E-state index in [1.54, 1.807) is 4.57 Å². The Hall–Kier alpha value is -2.73. The highest BCUT2D eigenvalue weighted by molar-refractivity contribution is 7.21. The summed E-state index contributed by atoms with van der Waals surface area (Å²) in [6, 6.07) is 14.1. The first-order valence-corrected chi connectivity index (χ1v) is 10.1. The fourth-order valence-electron chi connectivity index (χ4n) is 3.44. The molecule has 0 unspecified atom stereocenters. The van der Waals surface area contributed by atoms with Crippen LogP contribution in [0.2, 0.25) is 0 Å². The number of nitrogens with zero attached hydrogens (tertiary/aromatic N) is 4. The van der Waals surface area contributed by atoms with Gasteiger partial charge >= 0.3 is 0 Å². The molecular formula is C21H22N4OS. The molecule has 0 fully saturated rings. The normalized spacial score (nSPS) is 11.4. The topological polar surface area (TPSA) is 51.0 Å². The lowest BCUT2D eigenvalue weighted by atomic mass is 10.2. The van der Waals surface area contributed by atoms with Gasteiger partial charge in [0.15, 0.2) is 5.69 Å². The number of thiazole rings is 1. The standard InChI is InChI=1S/C21H22N4OS/c1-4-24(5-2)14-11-12-15-17(13-14)25(6-3)21(26)19(22-15)20-23-16-9-7-8-10-18(16)27-20/h7-13H,4-6H2,1-3H3. The first kappa shape index (κ1) is 17.7. The summed E-state index contributed by atoms with van der Waals surface area (Å²) in [7, 11) is 0. The van der Waals surface area contributed by atoms with E-state index in [-0.39, 0.29) is 5.56 Å². The molecule has 0 aliphatic heterocycles. The summed E-state index contributed by atoms with van der Waals surface area (Å²) in [5, 5.41) is 0.679. The number of benzene rings is 2. The smallest absolute Gasteiger partial charge is 0.280 e. The summed E-state index contributed by atoms with van der Waals surface area (Å²) < 4.78 is 2.87. The van der Waals surface area contributed by atoms with Crippen molar-refractivity contribution in [3.8, 4) is 10.7 Å². The fourth-order valence-corrected chi connectivity index (χ4v) is 4.39. The minimum Gasteiger partial charge on any atom is -0.372 e. The van der Waals surface area contributed by atoms with Gasteiger partial charge in [0.1, 0.15) is 5.01 Å². The zero-order valence-electron chi connectivity index (χ0n) is 15.8. The van der Waals surface area contributed by atoms with Crippen molar-refractivity contribution in [1.82, 2.24) is 14.5 Å². The number of rotatable bonds is 5. The highest BCUT2D eigenvalue weighted by atomic mass is 32.1. The molecule has 5 nitrogen and oxygen atoms in total. The number of para-hydroxylation sites is 1. The maximum Gasteiger partial charge on any atom is 0.280 e. The predicted molar refractivity (Wildman–Crippen MR) is 114 cm³/mol. The monoisotopic (exact) mass is 378 g/mol. The third-order valence-corrected chi connectivity index (χ3v) is 5.91. The second-order valence-electron chi connectivity index (χ2n) is 6.34. The average Bonchev–Trinajstić information content (AvgIpc) is 3.12. The molecule has 2 heterocycles. The van der Waals surface area contributed by atoms with Crippen LogP contribution in [0.3, 0.4) is 0 Å². The molecule has 4 aromatic rings. The van der Waals surface area contributed by atoms with E-state index < -0.39 is 0 Å². The minimum absolute atomic E-state index is 0.0826. The summed E-state index contributed by atoms with van der Waals surface area (Å²) in [5.74, 6) is 0. The summed E-state index contributed by atoms with van der Waals surface area (Å²) in [5.41, 5.74) is 4.06. The van der Waals surface area contributed by atoms with Crippen molar-refractivity contribution in [3.63, 3.8) is 0 Å². The van der Waals surface area contributed by atoms with Crippen molar-refractivity contribution in [2.24, 2.45) is 0 Å². The predicted octanol–water partition coefficient (Wildman–Crippen LogP) is 4.54. The van der Waals surface area contributed by atoms with Crippen molar-refractivity contribution in [3.05, 3.63) is 52.8 Å². The van der Waals surface area contributed by atoms with Crippen LogP contribution < -0.4 is 10.5 Å². The van der Waals surface area contributed by atoms with Gasteiger partial charge in [0, 0.05) is 25.3 Å². The van der Waals surface area contributed by atoms with Gasteiger partial charge in [-0.2, -0.15) is 0 Å². The van der Waals surface area contributed by atoms with Crippen LogP contribution in [0.5, 0.6) is 0 Å². The second-order valence-corrected chi connectivity index (χ2v) is 7.37. The van der Waals surface area contributed by atoms with E-state index in [0.29, 0.717) is 17.2 Å². The Labute approximate surface area is 161 Å². The van der Waals surface area contributed by atoms with Gasteiger partial charge in [-0.25, -0.2) is 9.97 Å². The summed E-state index contributed by atoms with van der Waals surface area (Å²) >= 11 is 1.51. The van der Waals surface area contributed by atoms with Crippen molar-refractivity contribution in [1.29, 1.82) is 0 Å². The van der Waals surface area contributed by atoms with Crippen molar-refractivity contribution in [2.45, 2.75) is 27.3 Å². The molecule has 4 rings (SSSR count). The zero-order valence-corrected chi connectivity index (χ0v) is 16.6. The maximum atomic E-state index is 13.2. The first-order valence-electron chi connectivity index (χ1n) is 9.31. The fraction of sp³-hybridized carbons (Fsp3) is 0.286. The Morgan fingerprint density at radius 3 is 2.48 bits per heavy atom. The van der Waals surface area contributed by atoms with Gasteiger partial charge in [-0.1, -0.05) is 12.1 Å². The SMILES string of the molecule is CCN(CC)c1ccc2nc(-c3nc4ccccc4s3)c(=O)n(CC)c2c1. The molecule has 0 spiro atoms. The lowest BCUT2D eigenvalue weighted by Crippen LogP contribution is -2.24. The van der Waals surface area contributed by atoms with Gasteiger partial charge in [-0.15, -0.1) is 11.3 Å². The van der Waals surface area contributed by atoms with Crippen LogP contribution in [0.4, 0.5) is 5.69 Å². The van der Waals surface area contributed by atoms with Gasteiger partial charge < -0.3 is 9.47 Å². The van der Waals surface area contributed by atoms with E-state index in [1.165, 1.54) is 11.3 Å². The van der Waals surface area contributed by atoms with E-state index in [4.69, 9.17) is 4.98 Å². The van der Waals surface area contributed by atoms with Crippen molar-refractivity contribution < 1.29 is 0 Å². The summed E-state index contributed by atoms with van der Waals surface area (Å²) in [6.07, 6.45) is 0. The first-order chi connectivity index (χ1) is 13.2. The molecule has 2 aromatic carbocycles. The lowest BCUT2D eigenvalue weighted by molar-refractivity contribution is 0.755. The average molecular weight is 379 g/mol. The van der Waals surface area contributed by atoms with Gasteiger partial charge in [-0.05, 0) is 51.1 Å². The Morgan fingerprint density at radius 1 is 1.00 bits per heavy atom. The van der Waals surface area contributed by atoms with Crippen LogP contribution in [-0.2, 0) is 6.54 Å². The van der Waals surface area contributed by atoms with E-state index >= 15 is 0 Å². The molecule has 0 aliphatic rings. The molecule has 6 heteroatoms. The Balaban J connectivity index is 1.94. The van der Waals surface area contributed by atoms with Gasteiger partial charge in [-0.3, -0.25) is 4.79 Å². The number of aromatic nitrogens is 3. The van der Waals surface area contributed by atoms with Crippen LogP contribution >= 0.6 is 11.3 Å². The lowest BCUT2D eigenvalue weighted by Gasteiger charge is -2.22. The highest BCUT2D eigenvalue weighted by Gasteiger charge is 2.16. The van der Waals surface area contributed by atoms with Crippen LogP contribution in [0, 0.1) is 0 Å². The number of fused-ring (bicyclic) bond motifs is 2. The molecule has 138 valence electrons. The van der Waals surface area contributed by atoms with Gasteiger partial charge in [0.05, 0.1) is 21.3 Å². The number of hydrogen-bond acceptors (Lipinski definition) is 5. The molecule has 2 aromatic heterocycles. The molecule has 0 atom stereocenters. The Bertz CT molecular complexity index is 1140. The second kappa shape index (κ2) is 7.12. The van der Waals surface area contributed by atoms with Crippen molar-refractivity contribution in [2.75, 3.05) is 18.0 Å². The van der Waals surface area contributed by atoms with E-state index in [0.717, 1.165) is 40.0 Å². The van der Waals surface area contributed by atoms with Gasteiger partial charge in [0.2, 0.25) is 0 Å². The molecular weight excluding hydrogens is 356 g/mol.